The van der Waals surface area contributed by atoms with Gasteiger partial charge in [0.2, 0.25) is 0 Å². The van der Waals surface area contributed by atoms with Crippen molar-refractivity contribution in [3.8, 4) is 0 Å². The van der Waals surface area contributed by atoms with Gasteiger partial charge in [0, 0.05) is 12.6 Å². The molecule has 1 aromatic rings. The molecule has 1 heterocycles. The molecular formula is C11H13FN2O2. The quantitative estimate of drug-likeness (QED) is 0.841. The van der Waals surface area contributed by atoms with Gasteiger partial charge in [-0.2, -0.15) is 0 Å². The Hall–Kier alpha value is -1.62. The summed E-state index contributed by atoms with van der Waals surface area (Å²) in [5.41, 5.74) is 6.57. The molecule has 1 saturated heterocycles. The first-order valence-electron chi connectivity index (χ1n) is 5.09. The van der Waals surface area contributed by atoms with E-state index in [0.717, 1.165) is 0 Å². The molecule has 2 rings (SSSR count). The molecule has 0 saturated carbocycles. The van der Waals surface area contributed by atoms with Crippen LogP contribution in [-0.4, -0.2) is 30.7 Å². The normalized spacial score (nSPS) is 17.4. The van der Waals surface area contributed by atoms with Crippen LogP contribution in [0.3, 0.4) is 0 Å². The Bertz CT molecular complexity index is 397. The van der Waals surface area contributed by atoms with E-state index >= 15 is 0 Å². The molecule has 1 unspecified atom stereocenters. The number of hydrogen-bond acceptors (Lipinski definition) is 3. The third-order valence-electron chi connectivity index (χ3n) is 2.54. The standard InChI is InChI=1S/C11H13FN2O2/c12-9-3-1-2-8(6-9)10(13)7-14-4-5-16-11(14)15/h1-3,6,10H,4-5,7,13H2. The van der Waals surface area contributed by atoms with E-state index in [9.17, 15) is 9.18 Å². The van der Waals surface area contributed by atoms with Gasteiger partial charge in [-0.25, -0.2) is 9.18 Å². The highest BCUT2D eigenvalue weighted by atomic mass is 19.1. The molecule has 1 atom stereocenters. The maximum absolute atomic E-state index is 13.0. The zero-order chi connectivity index (χ0) is 11.5. The minimum absolute atomic E-state index is 0.322. The first-order chi connectivity index (χ1) is 7.66. The van der Waals surface area contributed by atoms with E-state index < -0.39 is 0 Å². The molecule has 0 bridgehead atoms. The molecule has 2 N–H and O–H groups in total. The predicted octanol–water partition coefficient (Wildman–Crippen LogP) is 1.28. The molecule has 1 aliphatic heterocycles. The van der Waals surface area contributed by atoms with E-state index in [4.69, 9.17) is 10.5 Å². The molecule has 16 heavy (non-hydrogen) atoms. The number of rotatable bonds is 3. The molecule has 0 radical (unpaired) electrons. The molecule has 1 fully saturated rings. The minimum atomic E-state index is -0.388. The first kappa shape index (κ1) is 10.9. The van der Waals surface area contributed by atoms with Gasteiger partial charge in [0.1, 0.15) is 12.4 Å². The number of carbonyl (C=O) groups is 1. The minimum Gasteiger partial charge on any atom is -0.448 e. The van der Waals surface area contributed by atoms with Gasteiger partial charge >= 0.3 is 6.09 Å². The molecule has 4 nitrogen and oxygen atoms in total. The number of hydrogen-bond donors (Lipinski definition) is 1. The summed E-state index contributed by atoms with van der Waals surface area (Å²) in [6.07, 6.45) is -0.355. The Labute approximate surface area is 92.8 Å². The number of benzene rings is 1. The fourth-order valence-corrected chi connectivity index (χ4v) is 1.67. The molecule has 1 aromatic carbocycles. The Morgan fingerprint density at radius 2 is 2.38 bits per heavy atom. The third-order valence-corrected chi connectivity index (χ3v) is 2.54. The summed E-state index contributed by atoms with van der Waals surface area (Å²) >= 11 is 0. The smallest absolute Gasteiger partial charge is 0.410 e. The number of ether oxygens (including phenoxy) is 1. The second kappa shape index (κ2) is 4.49. The van der Waals surface area contributed by atoms with Gasteiger partial charge in [-0.05, 0) is 17.7 Å². The average Bonchev–Trinajstić information content (AvgIpc) is 2.64. The first-order valence-corrected chi connectivity index (χ1v) is 5.09. The Morgan fingerprint density at radius 3 is 3.00 bits per heavy atom. The van der Waals surface area contributed by atoms with E-state index in [1.807, 2.05) is 0 Å². The molecule has 1 aliphatic rings. The zero-order valence-electron chi connectivity index (χ0n) is 8.73. The zero-order valence-corrected chi connectivity index (χ0v) is 8.73. The van der Waals surface area contributed by atoms with Crippen LogP contribution in [0.15, 0.2) is 24.3 Å². The Balaban J connectivity index is 2.02. The van der Waals surface area contributed by atoms with Crippen molar-refractivity contribution < 1.29 is 13.9 Å². The highest BCUT2D eigenvalue weighted by Crippen LogP contribution is 2.15. The van der Waals surface area contributed by atoms with Crippen molar-refractivity contribution >= 4 is 6.09 Å². The molecule has 86 valence electrons. The number of cyclic esters (lactones) is 1. The SMILES string of the molecule is NC(CN1CCOC1=O)c1cccc(F)c1. The van der Waals surface area contributed by atoms with Crippen LogP contribution < -0.4 is 5.73 Å². The number of halogens is 1. The summed E-state index contributed by atoms with van der Waals surface area (Å²) < 4.78 is 17.7. The lowest BCUT2D eigenvalue weighted by molar-refractivity contribution is 0.157. The lowest BCUT2D eigenvalue weighted by Gasteiger charge is -2.18. The van der Waals surface area contributed by atoms with Crippen molar-refractivity contribution in [2.75, 3.05) is 19.7 Å². The highest BCUT2D eigenvalue weighted by molar-refractivity contribution is 5.69. The lowest BCUT2D eigenvalue weighted by atomic mass is 10.1. The summed E-state index contributed by atoms with van der Waals surface area (Å²) in [6.45, 7) is 1.29. The molecule has 0 aliphatic carbocycles. The van der Waals surface area contributed by atoms with Gasteiger partial charge in [-0.1, -0.05) is 12.1 Å². The molecular weight excluding hydrogens is 211 g/mol. The van der Waals surface area contributed by atoms with Crippen molar-refractivity contribution in [3.63, 3.8) is 0 Å². The maximum atomic E-state index is 13.0. The topological polar surface area (TPSA) is 55.6 Å². The summed E-state index contributed by atoms with van der Waals surface area (Å²) in [4.78, 5) is 12.7. The summed E-state index contributed by atoms with van der Waals surface area (Å²) in [7, 11) is 0. The fraction of sp³-hybridized carbons (Fsp3) is 0.364. The predicted molar refractivity (Wildman–Crippen MR) is 56.2 cm³/mol. The van der Waals surface area contributed by atoms with E-state index in [1.54, 1.807) is 12.1 Å². The van der Waals surface area contributed by atoms with Crippen LogP contribution in [0, 0.1) is 5.82 Å². The van der Waals surface area contributed by atoms with Crippen LogP contribution in [0.2, 0.25) is 0 Å². The van der Waals surface area contributed by atoms with E-state index in [1.165, 1.54) is 17.0 Å². The third kappa shape index (κ3) is 2.30. The van der Waals surface area contributed by atoms with Crippen LogP contribution in [0.1, 0.15) is 11.6 Å². The molecule has 0 spiro atoms. The van der Waals surface area contributed by atoms with Gasteiger partial charge < -0.3 is 15.4 Å². The number of amides is 1. The lowest BCUT2D eigenvalue weighted by Crippen LogP contribution is -2.32. The van der Waals surface area contributed by atoms with Crippen molar-refractivity contribution in [2.24, 2.45) is 5.73 Å². The monoisotopic (exact) mass is 224 g/mol. The van der Waals surface area contributed by atoms with E-state index in [0.29, 0.717) is 25.3 Å². The van der Waals surface area contributed by atoms with Gasteiger partial charge in [-0.15, -0.1) is 0 Å². The van der Waals surface area contributed by atoms with Gasteiger partial charge in [0.05, 0.1) is 6.54 Å². The molecule has 1 amide bonds. The summed E-state index contributed by atoms with van der Waals surface area (Å²) in [6, 6.07) is 5.70. The van der Waals surface area contributed by atoms with Crippen molar-refractivity contribution in [1.29, 1.82) is 0 Å². The van der Waals surface area contributed by atoms with Crippen molar-refractivity contribution in [2.45, 2.75) is 6.04 Å². The highest BCUT2D eigenvalue weighted by Gasteiger charge is 2.24. The number of carbonyl (C=O) groups excluding carboxylic acids is 1. The average molecular weight is 224 g/mol. The number of nitrogens with two attached hydrogens (primary N) is 1. The van der Waals surface area contributed by atoms with Crippen LogP contribution >= 0.6 is 0 Å². The second-order valence-electron chi connectivity index (χ2n) is 3.72. The largest absolute Gasteiger partial charge is 0.448 e. The van der Waals surface area contributed by atoms with Crippen molar-refractivity contribution in [3.05, 3.63) is 35.6 Å². The van der Waals surface area contributed by atoms with Crippen LogP contribution in [0.5, 0.6) is 0 Å². The molecule has 0 aromatic heterocycles. The number of nitrogens with zero attached hydrogens (tertiary/aromatic N) is 1. The molecule has 5 heteroatoms. The Morgan fingerprint density at radius 1 is 1.56 bits per heavy atom. The van der Waals surface area contributed by atoms with Crippen molar-refractivity contribution in [1.82, 2.24) is 4.90 Å². The van der Waals surface area contributed by atoms with Gasteiger partial charge in [-0.3, -0.25) is 0 Å². The van der Waals surface area contributed by atoms with Gasteiger partial charge in [0.25, 0.3) is 0 Å². The second-order valence-corrected chi connectivity index (χ2v) is 3.72. The van der Waals surface area contributed by atoms with E-state index in [-0.39, 0.29) is 18.0 Å². The maximum Gasteiger partial charge on any atom is 0.410 e. The van der Waals surface area contributed by atoms with Crippen LogP contribution in [0.4, 0.5) is 9.18 Å². The fourth-order valence-electron chi connectivity index (χ4n) is 1.67. The Kier molecular flexibility index (Phi) is 3.05. The van der Waals surface area contributed by atoms with E-state index in [2.05, 4.69) is 0 Å². The van der Waals surface area contributed by atoms with Crippen LogP contribution in [0.25, 0.3) is 0 Å². The van der Waals surface area contributed by atoms with Gasteiger partial charge in [0.15, 0.2) is 0 Å². The summed E-state index contributed by atoms with van der Waals surface area (Å²) in [5.74, 6) is -0.322. The van der Waals surface area contributed by atoms with Crippen LogP contribution in [-0.2, 0) is 4.74 Å². The summed E-state index contributed by atoms with van der Waals surface area (Å²) in [5, 5.41) is 0.